The van der Waals surface area contributed by atoms with E-state index in [2.05, 4.69) is 10.1 Å². The first-order valence-corrected chi connectivity index (χ1v) is 12.6. The van der Waals surface area contributed by atoms with E-state index < -0.39 is 22.8 Å². The van der Waals surface area contributed by atoms with E-state index in [1.165, 1.54) is 13.3 Å². The standard InChI is InChI=1S/C27H26FN5O6/c1-39-25-22-17(24(34)18(27(36)37)13-32(22)15-6-7-15)12-19(28)23(25)31-10-8-30(9-11-31)14-33-20-5-3-2-4-16(20)21(29-38)26(33)35/h2-5,12-13,15,35H,6-11,14H2,1H3,(H,36,37). The van der Waals surface area contributed by atoms with Gasteiger partial charge in [-0.3, -0.25) is 14.3 Å². The van der Waals surface area contributed by atoms with Gasteiger partial charge in [0.05, 0.1) is 30.2 Å². The Kier molecular flexibility index (Phi) is 5.98. The Bertz CT molecular complexity index is 1700. The van der Waals surface area contributed by atoms with E-state index in [0.717, 1.165) is 18.9 Å². The van der Waals surface area contributed by atoms with E-state index in [1.807, 2.05) is 17.0 Å². The highest BCUT2D eigenvalue weighted by Crippen LogP contribution is 2.44. The Morgan fingerprint density at radius 3 is 2.51 bits per heavy atom. The van der Waals surface area contributed by atoms with E-state index in [4.69, 9.17) is 4.74 Å². The Labute approximate surface area is 221 Å². The highest BCUT2D eigenvalue weighted by Gasteiger charge is 2.32. The van der Waals surface area contributed by atoms with Crippen molar-refractivity contribution in [3.8, 4) is 11.6 Å². The van der Waals surface area contributed by atoms with Gasteiger partial charge >= 0.3 is 5.97 Å². The molecule has 0 spiro atoms. The minimum Gasteiger partial charge on any atom is -0.493 e. The third kappa shape index (κ3) is 3.98. The summed E-state index contributed by atoms with van der Waals surface area (Å²) in [5.41, 5.74) is 0.166. The molecule has 11 nitrogen and oxygen atoms in total. The minimum atomic E-state index is -1.35. The highest BCUT2D eigenvalue weighted by molar-refractivity contribution is 5.97. The number of methoxy groups -OCH3 is 1. The molecule has 12 heteroatoms. The molecule has 1 saturated carbocycles. The maximum Gasteiger partial charge on any atom is 0.341 e. The van der Waals surface area contributed by atoms with E-state index in [0.29, 0.717) is 49.3 Å². The van der Waals surface area contributed by atoms with Crippen molar-refractivity contribution in [1.29, 1.82) is 0 Å². The second kappa shape index (κ2) is 9.38. The van der Waals surface area contributed by atoms with Crippen LogP contribution in [0, 0.1) is 10.7 Å². The number of carbonyl (C=O) groups is 1. The van der Waals surface area contributed by atoms with Gasteiger partial charge in [0, 0.05) is 43.8 Å². The predicted molar refractivity (Wildman–Crippen MR) is 143 cm³/mol. The first-order valence-electron chi connectivity index (χ1n) is 12.6. The molecular formula is C27H26FN5O6. The Balaban J connectivity index is 1.33. The fraction of sp³-hybridized carbons (Fsp3) is 0.333. The van der Waals surface area contributed by atoms with Crippen LogP contribution in [0.25, 0.3) is 21.8 Å². The summed E-state index contributed by atoms with van der Waals surface area (Å²) in [6.45, 7) is 2.21. The van der Waals surface area contributed by atoms with Crippen molar-refractivity contribution in [2.75, 3.05) is 38.2 Å². The number of hydrogen-bond donors (Lipinski definition) is 2. The van der Waals surface area contributed by atoms with Gasteiger partial charge in [-0.1, -0.05) is 18.2 Å². The third-order valence-electron chi connectivity index (χ3n) is 7.61. The number of halogens is 1. The molecule has 1 saturated heterocycles. The van der Waals surface area contributed by atoms with Gasteiger partial charge in [0.1, 0.15) is 11.3 Å². The number of piperazine rings is 1. The normalized spacial score (nSPS) is 16.2. The molecule has 2 N–H and O–H groups in total. The number of nitroso groups, excluding NO2 is 1. The summed E-state index contributed by atoms with van der Waals surface area (Å²) in [6.07, 6.45) is 2.99. The number of anilines is 1. The molecule has 0 atom stereocenters. The molecule has 0 unspecified atom stereocenters. The lowest BCUT2D eigenvalue weighted by molar-refractivity contribution is 0.0694. The monoisotopic (exact) mass is 535 g/mol. The fourth-order valence-corrected chi connectivity index (χ4v) is 5.54. The van der Waals surface area contributed by atoms with Crippen molar-refractivity contribution in [3.63, 3.8) is 0 Å². The number of hydrogen-bond acceptors (Lipinski definition) is 8. The summed E-state index contributed by atoms with van der Waals surface area (Å²) in [4.78, 5) is 39.9. The van der Waals surface area contributed by atoms with E-state index in [1.54, 1.807) is 21.3 Å². The van der Waals surface area contributed by atoms with Crippen LogP contribution in [0.5, 0.6) is 11.6 Å². The van der Waals surface area contributed by atoms with Crippen molar-refractivity contribution < 1.29 is 24.1 Å². The molecule has 6 rings (SSSR count). The zero-order valence-corrected chi connectivity index (χ0v) is 21.1. The smallest absolute Gasteiger partial charge is 0.341 e. The fourth-order valence-electron chi connectivity index (χ4n) is 5.54. The minimum absolute atomic E-state index is 0.0000260. The summed E-state index contributed by atoms with van der Waals surface area (Å²) in [5.74, 6) is -2.01. The SMILES string of the molecule is COc1c(N2CCN(Cn3c(O)c(N=O)c4ccccc43)CC2)c(F)cc2c(=O)c(C(=O)O)cn(C3CC3)c12. The molecule has 1 aliphatic heterocycles. The first kappa shape index (κ1) is 24.9. The van der Waals surface area contributed by atoms with E-state index >= 15 is 4.39 Å². The first-order chi connectivity index (χ1) is 18.8. The van der Waals surface area contributed by atoms with Crippen LogP contribution in [0.15, 0.2) is 46.5 Å². The molecule has 0 bridgehead atoms. The number of aromatic nitrogens is 2. The maximum absolute atomic E-state index is 15.6. The number of aromatic carboxylic acids is 1. The van der Waals surface area contributed by atoms with Crippen molar-refractivity contribution in [1.82, 2.24) is 14.0 Å². The van der Waals surface area contributed by atoms with Gasteiger partial charge in [0.25, 0.3) is 0 Å². The summed E-state index contributed by atoms with van der Waals surface area (Å²) in [6, 6.07) is 8.27. The Morgan fingerprint density at radius 1 is 1.15 bits per heavy atom. The zero-order valence-electron chi connectivity index (χ0n) is 21.1. The van der Waals surface area contributed by atoms with Crippen molar-refractivity contribution in [2.24, 2.45) is 5.18 Å². The number of fused-ring (bicyclic) bond motifs is 2. The van der Waals surface area contributed by atoms with Gasteiger partial charge < -0.3 is 24.4 Å². The molecule has 2 fully saturated rings. The van der Waals surface area contributed by atoms with Crippen molar-refractivity contribution in [2.45, 2.75) is 25.6 Å². The van der Waals surface area contributed by atoms with Gasteiger partial charge in [0.15, 0.2) is 17.3 Å². The number of rotatable bonds is 7. The molecular weight excluding hydrogens is 509 g/mol. The summed E-state index contributed by atoms with van der Waals surface area (Å²) in [7, 11) is 1.42. The molecule has 2 aromatic carbocycles. The number of carboxylic acids is 1. The van der Waals surface area contributed by atoms with Gasteiger partial charge in [-0.2, -0.15) is 0 Å². The average molecular weight is 536 g/mol. The third-order valence-corrected chi connectivity index (χ3v) is 7.61. The Morgan fingerprint density at radius 2 is 1.87 bits per heavy atom. The number of aromatic hydroxyl groups is 1. The van der Waals surface area contributed by atoms with Gasteiger partial charge in [-0.15, -0.1) is 4.91 Å². The number of nitrogens with zero attached hydrogens (tertiary/aromatic N) is 5. The van der Waals surface area contributed by atoms with Gasteiger partial charge in [-0.05, 0) is 30.2 Å². The van der Waals surface area contributed by atoms with Crippen LogP contribution in [0.1, 0.15) is 29.2 Å². The predicted octanol–water partition coefficient (Wildman–Crippen LogP) is 4.02. The van der Waals surface area contributed by atoms with Crippen LogP contribution in [-0.2, 0) is 6.67 Å². The van der Waals surface area contributed by atoms with Crippen molar-refractivity contribution in [3.05, 3.63) is 63.0 Å². The molecule has 2 aromatic heterocycles. The van der Waals surface area contributed by atoms with E-state index in [9.17, 15) is 24.7 Å². The summed E-state index contributed by atoms with van der Waals surface area (Å²) >= 11 is 0. The molecule has 2 aliphatic rings. The maximum atomic E-state index is 15.6. The second-order valence-electron chi connectivity index (χ2n) is 9.91. The molecule has 3 heterocycles. The average Bonchev–Trinajstić information content (AvgIpc) is 3.74. The molecule has 0 radical (unpaired) electrons. The number of carboxylic acid groups (broad SMARTS) is 1. The lowest BCUT2D eigenvalue weighted by atomic mass is 10.1. The number of pyridine rings is 1. The Hall–Kier alpha value is -4.45. The lowest BCUT2D eigenvalue weighted by Gasteiger charge is -2.37. The quantitative estimate of drug-likeness (QED) is 0.340. The molecule has 202 valence electrons. The number of benzene rings is 2. The zero-order chi connectivity index (χ0) is 27.4. The van der Waals surface area contributed by atoms with Crippen LogP contribution >= 0.6 is 0 Å². The number of ether oxygens (including phenoxy) is 1. The molecule has 0 amide bonds. The van der Waals surface area contributed by atoms with Crippen molar-refractivity contribution >= 4 is 39.1 Å². The largest absolute Gasteiger partial charge is 0.493 e. The summed E-state index contributed by atoms with van der Waals surface area (Å²) in [5, 5.41) is 23.7. The number of para-hydroxylation sites is 1. The van der Waals surface area contributed by atoms with Crippen LogP contribution in [0.4, 0.5) is 15.8 Å². The van der Waals surface area contributed by atoms with Crippen LogP contribution < -0.4 is 15.1 Å². The molecule has 4 aromatic rings. The van der Waals surface area contributed by atoms with Crippen LogP contribution in [-0.4, -0.2) is 63.5 Å². The second-order valence-corrected chi connectivity index (χ2v) is 9.91. The topological polar surface area (TPSA) is 130 Å². The lowest BCUT2D eigenvalue weighted by Crippen LogP contribution is -2.47. The highest BCUT2D eigenvalue weighted by atomic mass is 19.1. The molecule has 39 heavy (non-hydrogen) atoms. The van der Waals surface area contributed by atoms with Gasteiger partial charge in [0.2, 0.25) is 11.3 Å². The van der Waals surface area contributed by atoms with Crippen LogP contribution in [0.2, 0.25) is 0 Å². The van der Waals surface area contributed by atoms with Gasteiger partial charge in [-0.25, -0.2) is 9.18 Å². The van der Waals surface area contributed by atoms with E-state index in [-0.39, 0.29) is 34.4 Å². The molecule has 1 aliphatic carbocycles. The van der Waals surface area contributed by atoms with Crippen LogP contribution in [0.3, 0.4) is 0 Å². The summed E-state index contributed by atoms with van der Waals surface area (Å²) < 4.78 is 24.7.